The smallest absolute Gasteiger partial charge is 0.322 e. The summed E-state index contributed by atoms with van der Waals surface area (Å²) < 4.78 is 23.8. The summed E-state index contributed by atoms with van der Waals surface area (Å²) in [5, 5.41) is 9.59. The van der Waals surface area contributed by atoms with Crippen molar-refractivity contribution in [3.05, 3.63) is 35.9 Å². The lowest BCUT2D eigenvalue weighted by Gasteiger charge is -2.13. The molecular weight excluding hydrogens is 270 g/mol. The number of nitrogens with one attached hydrogen (secondary N) is 1. The second kappa shape index (κ2) is 6.33. The molecule has 1 aromatic rings. The summed E-state index contributed by atoms with van der Waals surface area (Å²) in [6, 6.07) is 8.42. The summed E-state index contributed by atoms with van der Waals surface area (Å²) in [7, 11) is -2.75. The fourth-order valence-electron chi connectivity index (χ4n) is 1.55. The summed E-state index contributed by atoms with van der Waals surface area (Å²) in [4.78, 5) is 22.2. The second-order valence-corrected chi connectivity index (χ2v) is 6.18. The molecule has 0 fully saturated rings. The molecule has 0 aliphatic carbocycles. The first-order valence-corrected chi connectivity index (χ1v) is 7.27. The first-order chi connectivity index (χ1) is 8.86. The third-order valence-electron chi connectivity index (χ3n) is 2.58. The zero-order chi connectivity index (χ0) is 14.5. The van der Waals surface area contributed by atoms with Crippen LogP contribution >= 0.6 is 0 Å². The van der Waals surface area contributed by atoms with Crippen LogP contribution in [0.4, 0.5) is 0 Å². The van der Waals surface area contributed by atoms with Gasteiger partial charge in [-0.2, -0.15) is 0 Å². The Morgan fingerprint density at radius 3 is 2.32 bits per heavy atom. The van der Waals surface area contributed by atoms with Crippen LogP contribution in [0.1, 0.15) is 5.56 Å². The molecule has 0 aliphatic rings. The normalized spacial score (nSPS) is 12.7. The average molecular weight is 285 g/mol. The minimum Gasteiger partial charge on any atom is -0.480 e. The predicted octanol–water partition coefficient (Wildman–Crippen LogP) is -0.157. The summed E-state index contributed by atoms with van der Waals surface area (Å²) in [5.41, 5.74) is 0.593. The number of benzene rings is 1. The van der Waals surface area contributed by atoms with Crippen molar-refractivity contribution in [3.8, 4) is 0 Å². The second-order valence-electron chi connectivity index (χ2n) is 4.00. The van der Waals surface area contributed by atoms with Crippen molar-refractivity contribution >= 4 is 21.7 Å². The highest BCUT2D eigenvalue weighted by Gasteiger charge is 2.34. The Labute approximate surface area is 111 Å². The van der Waals surface area contributed by atoms with Crippen molar-refractivity contribution in [1.29, 1.82) is 0 Å². The molecule has 1 atom stereocenters. The van der Waals surface area contributed by atoms with Gasteiger partial charge in [0.25, 0.3) is 0 Å². The van der Waals surface area contributed by atoms with E-state index < -0.39 is 32.7 Å². The highest BCUT2D eigenvalue weighted by atomic mass is 32.2. The van der Waals surface area contributed by atoms with Crippen molar-refractivity contribution in [2.24, 2.45) is 0 Å². The Hall–Kier alpha value is -1.89. The Morgan fingerprint density at radius 1 is 1.26 bits per heavy atom. The van der Waals surface area contributed by atoms with E-state index in [4.69, 9.17) is 5.11 Å². The van der Waals surface area contributed by atoms with E-state index in [0.717, 1.165) is 0 Å². The van der Waals surface area contributed by atoms with Crippen molar-refractivity contribution in [2.75, 3.05) is 12.8 Å². The zero-order valence-corrected chi connectivity index (χ0v) is 11.2. The topological polar surface area (TPSA) is 101 Å². The maximum absolute atomic E-state index is 11.9. The van der Waals surface area contributed by atoms with Gasteiger partial charge in [0, 0.05) is 7.05 Å². The van der Waals surface area contributed by atoms with E-state index in [1.54, 1.807) is 30.3 Å². The van der Waals surface area contributed by atoms with Gasteiger partial charge in [-0.05, 0) is 12.0 Å². The van der Waals surface area contributed by atoms with E-state index in [1.807, 2.05) is 0 Å². The van der Waals surface area contributed by atoms with E-state index in [0.29, 0.717) is 5.56 Å². The van der Waals surface area contributed by atoms with Gasteiger partial charge in [-0.3, -0.25) is 9.59 Å². The molecule has 1 unspecified atom stereocenters. The third kappa shape index (κ3) is 4.36. The molecule has 19 heavy (non-hydrogen) atoms. The van der Waals surface area contributed by atoms with Gasteiger partial charge in [0.1, 0.15) is 5.75 Å². The van der Waals surface area contributed by atoms with Crippen LogP contribution in [0.15, 0.2) is 30.3 Å². The maximum Gasteiger partial charge on any atom is 0.322 e. The molecule has 6 nitrogen and oxygen atoms in total. The van der Waals surface area contributed by atoms with E-state index >= 15 is 0 Å². The van der Waals surface area contributed by atoms with E-state index in [1.165, 1.54) is 7.05 Å². The summed E-state index contributed by atoms with van der Waals surface area (Å²) in [5.74, 6) is -3.00. The highest BCUT2D eigenvalue weighted by molar-refractivity contribution is 7.93. The van der Waals surface area contributed by atoms with E-state index in [2.05, 4.69) is 5.32 Å². The molecule has 0 aromatic heterocycles. The van der Waals surface area contributed by atoms with Gasteiger partial charge < -0.3 is 10.4 Å². The number of hydrogen-bond donors (Lipinski definition) is 2. The number of hydrogen-bond acceptors (Lipinski definition) is 4. The minimum absolute atomic E-state index is 0.157. The largest absolute Gasteiger partial charge is 0.480 e. The SMILES string of the molecule is CNC(=O)CS(=O)(=O)C(Cc1ccccc1)C(=O)O. The van der Waals surface area contributed by atoms with Crippen LogP contribution in [0, 0.1) is 0 Å². The quantitative estimate of drug-likeness (QED) is 0.756. The predicted molar refractivity (Wildman–Crippen MR) is 69.4 cm³/mol. The lowest BCUT2D eigenvalue weighted by atomic mass is 10.1. The van der Waals surface area contributed by atoms with Gasteiger partial charge in [-0.1, -0.05) is 30.3 Å². The van der Waals surface area contributed by atoms with Gasteiger partial charge in [-0.25, -0.2) is 8.42 Å². The summed E-state index contributed by atoms with van der Waals surface area (Å²) in [6.45, 7) is 0. The van der Waals surface area contributed by atoms with Crippen molar-refractivity contribution < 1.29 is 23.1 Å². The van der Waals surface area contributed by atoms with Crippen LogP contribution in [-0.2, 0) is 25.8 Å². The number of carboxylic acids is 1. The third-order valence-corrected chi connectivity index (χ3v) is 4.48. The number of carbonyl (C=O) groups is 2. The Bertz CT molecular complexity index is 553. The number of sulfone groups is 1. The molecular formula is C12H15NO5S. The molecule has 1 rings (SSSR count). The van der Waals surface area contributed by atoms with E-state index in [9.17, 15) is 18.0 Å². The molecule has 2 N–H and O–H groups in total. The Kier molecular flexibility index (Phi) is 5.05. The van der Waals surface area contributed by atoms with Crippen molar-refractivity contribution in [2.45, 2.75) is 11.7 Å². The molecule has 0 heterocycles. The standard InChI is InChI=1S/C12H15NO5S/c1-13-11(14)8-19(17,18)10(12(15)16)7-9-5-3-2-4-6-9/h2-6,10H,7-8H2,1H3,(H,13,14)(H,15,16). The van der Waals surface area contributed by atoms with E-state index in [-0.39, 0.29) is 6.42 Å². The molecule has 0 saturated heterocycles. The van der Waals surface area contributed by atoms with Crippen LogP contribution in [0.2, 0.25) is 0 Å². The molecule has 0 radical (unpaired) electrons. The molecule has 0 saturated carbocycles. The minimum atomic E-state index is -4.04. The van der Waals surface area contributed by atoms with Crippen LogP contribution in [0.25, 0.3) is 0 Å². The number of carboxylic acid groups (broad SMARTS) is 1. The fourth-order valence-corrected chi connectivity index (χ4v) is 3.02. The number of aliphatic carboxylic acids is 1. The number of amides is 1. The molecule has 7 heteroatoms. The number of rotatable bonds is 6. The van der Waals surface area contributed by atoms with Crippen LogP contribution < -0.4 is 5.32 Å². The average Bonchev–Trinajstić information content (AvgIpc) is 2.36. The van der Waals surface area contributed by atoms with Gasteiger partial charge in [0.15, 0.2) is 15.1 Å². The van der Waals surface area contributed by atoms with Crippen molar-refractivity contribution in [1.82, 2.24) is 5.32 Å². The Balaban J connectivity index is 2.95. The van der Waals surface area contributed by atoms with Gasteiger partial charge in [-0.15, -0.1) is 0 Å². The highest BCUT2D eigenvalue weighted by Crippen LogP contribution is 2.11. The monoisotopic (exact) mass is 285 g/mol. The molecule has 104 valence electrons. The first-order valence-electron chi connectivity index (χ1n) is 5.55. The van der Waals surface area contributed by atoms with Crippen LogP contribution in [0.3, 0.4) is 0 Å². The molecule has 0 aliphatic heterocycles. The van der Waals surface area contributed by atoms with Crippen molar-refractivity contribution in [3.63, 3.8) is 0 Å². The zero-order valence-electron chi connectivity index (χ0n) is 10.4. The van der Waals surface area contributed by atoms with Crippen LogP contribution in [0.5, 0.6) is 0 Å². The molecule has 1 amide bonds. The van der Waals surface area contributed by atoms with Gasteiger partial charge in [0.2, 0.25) is 5.91 Å². The summed E-state index contributed by atoms with van der Waals surface area (Å²) >= 11 is 0. The lowest BCUT2D eigenvalue weighted by molar-refractivity contribution is -0.136. The number of carbonyl (C=O) groups excluding carboxylic acids is 1. The fraction of sp³-hybridized carbons (Fsp3) is 0.333. The van der Waals surface area contributed by atoms with Crippen LogP contribution in [-0.4, -0.2) is 43.5 Å². The summed E-state index contributed by atoms with van der Waals surface area (Å²) in [6.07, 6.45) is -0.157. The first kappa shape index (κ1) is 15.2. The molecule has 1 aromatic carbocycles. The maximum atomic E-state index is 11.9. The molecule has 0 spiro atoms. The lowest BCUT2D eigenvalue weighted by Crippen LogP contribution is -2.38. The Morgan fingerprint density at radius 2 is 1.84 bits per heavy atom. The van der Waals surface area contributed by atoms with Gasteiger partial charge in [0.05, 0.1) is 0 Å². The molecule has 0 bridgehead atoms. The van der Waals surface area contributed by atoms with Gasteiger partial charge >= 0.3 is 5.97 Å².